The molecule has 0 amide bonds. The van der Waals surface area contributed by atoms with E-state index in [-0.39, 0.29) is 0 Å². The van der Waals surface area contributed by atoms with Crippen molar-refractivity contribution in [2.45, 2.75) is 13.5 Å². The number of hydrogen-bond donors (Lipinski definition) is 1. The molecular formula is C20H20ClNSi. The van der Waals surface area contributed by atoms with E-state index in [9.17, 15) is 0 Å². The molecule has 3 aromatic rings. The summed E-state index contributed by atoms with van der Waals surface area (Å²) in [5.41, 5.74) is 2.32. The van der Waals surface area contributed by atoms with Crippen molar-refractivity contribution in [3.05, 3.63) is 89.4 Å². The Morgan fingerprint density at radius 2 is 1.30 bits per heavy atom. The molecule has 0 aliphatic rings. The van der Waals surface area contributed by atoms with Gasteiger partial charge >= 0.3 is 0 Å². The van der Waals surface area contributed by atoms with Gasteiger partial charge in [0.2, 0.25) is 8.24 Å². The van der Waals surface area contributed by atoms with Crippen molar-refractivity contribution in [1.29, 1.82) is 0 Å². The van der Waals surface area contributed by atoms with Crippen LogP contribution in [0.3, 0.4) is 0 Å². The molecule has 0 fully saturated rings. The molecule has 0 unspecified atom stereocenters. The highest BCUT2D eigenvalue weighted by atomic mass is 35.5. The number of anilines is 1. The van der Waals surface area contributed by atoms with Gasteiger partial charge in [-0.15, -0.1) is 0 Å². The lowest BCUT2D eigenvalue weighted by Gasteiger charge is -2.31. The maximum atomic E-state index is 6.11. The van der Waals surface area contributed by atoms with Crippen molar-refractivity contribution < 1.29 is 0 Å². The third kappa shape index (κ3) is 3.33. The van der Waals surface area contributed by atoms with Crippen molar-refractivity contribution in [2.24, 2.45) is 0 Å². The van der Waals surface area contributed by atoms with E-state index in [1.165, 1.54) is 15.9 Å². The fraction of sp³-hybridized carbons (Fsp3) is 0.100. The van der Waals surface area contributed by atoms with Gasteiger partial charge in [0.05, 0.1) is 0 Å². The Morgan fingerprint density at radius 3 is 1.78 bits per heavy atom. The third-order valence-electron chi connectivity index (χ3n) is 4.28. The number of nitrogens with one attached hydrogen (secondary N) is 1. The van der Waals surface area contributed by atoms with E-state index in [0.29, 0.717) is 0 Å². The number of rotatable bonds is 4. The molecule has 0 radical (unpaired) electrons. The number of aryl methyl sites for hydroxylation is 1. The predicted molar refractivity (Wildman–Crippen MR) is 104 cm³/mol. The third-order valence-corrected chi connectivity index (χ3v) is 8.26. The first kappa shape index (κ1) is 15.8. The Labute approximate surface area is 144 Å². The molecule has 1 N–H and O–H groups in total. The summed E-state index contributed by atoms with van der Waals surface area (Å²) in [5, 5.41) is 3.50. The standard InChI is InChI=1S/C20H20ClNSi/c1-16-15-17(21)13-14-20(16)22-23(2,18-9-5-3-6-10-18)19-11-7-4-8-12-19/h3-15,22H,1-2H3. The second-order valence-corrected chi connectivity index (χ2v) is 10.0. The molecule has 0 atom stereocenters. The van der Waals surface area contributed by atoms with E-state index in [1.54, 1.807) is 0 Å². The smallest absolute Gasteiger partial charge is 0.214 e. The van der Waals surface area contributed by atoms with Crippen LogP contribution >= 0.6 is 11.6 Å². The van der Waals surface area contributed by atoms with Crippen molar-refractivity contribution in [3.63, 3.8) is 0 Å². The normalized spacial score (nSPS) is 11.3. The van der Waals surface area contributed by atoms with Crippen LogP contribution in [0.5, 0.6) is 0 Å². The second kappa shape index (κ2) is 6.61. The van der Waals surface area contributed by atoms with Crippen LogP contribution in [-0.4, -0.2) is 8.24 Å². The lowest BCUT2D eigenvalue weighted by molar-refractivity contribution is 1.45. The molecule has 0 aliphatic heterocycles. The zero-order valence-corrected chi connectivity index (χ0v) is 15.1. The highest BCUT2D eigenvalue weighted by Crippen LogP contribution is 2.22. The summed E-state index contributed by atoms with van der Waals surface area (Å²) in [4.78, 5) is 3.86. The van der Waals surface area contributed by atoms with E-state index in [0.717, 1.165) is 10.7 Å². The first-order valence-corrected chi connectivity index (χ1v) is 10.6. The lowest BCUT2D eigenvalue weighted by Crippen LogP contribution is -2.62. The minimum atomic E-state index is -2.08. The van der Waals surface area contributed by atoms with Gasteiger partial charge in [0.25, 0.3) is 0 Å². The Bertz CT molecular complexity index is 748. The molecule has 0 aliphatic carbocycles. The molecule has 23 heavy (non-hydrogen) atoms. The van der Waals surface area contributed by atoms with Gasteiger partial charge in [-0.3, -0.25) is 0 Å². The Balaban J connectivity index is 2.09. The molecule has 116 valence electrons. The van der Waals surface area contributed by atoms with Gasteiger partial charge in [-0.2, -0.15) is 0 Å². The van der Waals surface area contributed by atoms with Gasteiger partial charge in [0.15, 0.2) is 0 Å². The summed E-state index contributed by atoms with van der Waals surface area (Å²) in [7, 11) is -2.08. The summed E-state index contributed by atoms with van der Waals surface area (Å²) < 4.78 is 0. The van der Waals surface area contributed by atoms with Gasteiger partial charge in [0, 0.05) is 10.7 Å². The fourth-order valence-electron chi connectivity index (χ4n) is 2.89. The van der Waals surface area contributed by atoms with E-state index in [2.05, 4.69) is 85.2 Å². The first-order valence-electron chi connectivity index (χ1n) is 7.75. The molecule has 0 saturated carbocycles. The molecular weight excluding hydrogens is 318 g/mol. The van der Waals surface area contributed by atoms with Crippen molar-refractivity contribution in [2.75, 3.05) is 4.98 Å². The van der Waals surface area contributed by atoms with Crippen LogP contribution in [-0.2, 0) is 0 Å². The molecule has 3 rings (SSSR count). The molecule has 1 nitrogen and oxygen atoms in total. The quantitative estimate of drug-likeness (QED) is 0.693. The fourth-order valence-corrected chi connectivity index (χ4v) is 6.28. The van der Waals surface area contributed by atoms with Gasteiger partial charge in [0.1, 0.15) is 0 Å². The van der Waals surface area contributed by atoms with Crippen LogP contribution < -0.4 is 15.4 Å². The predicted octanol–water partition coefficient (Wildman–Crippen LogP) is 4.45. The SMILES string of the molecule is Cc1cc(Cl)ccc1N[Si](C)(c1ccccc1)c1ccccc1. The zero-order chi connectivity index (χ0) is 16.3. The molecule has 0 spiro atoms. The van der Waals surface area contributed by atoms with Crippen LogP contribution in [0, 0.1) is 6.92 Å². The maximum Gasteiger partial charge on any atom is 0.214 e. The van der Waals surface area contributed by atoms with Crippen LogP contribution in [0.1, 0.15) is 5.56 Å². The molecule has 0 bridgehead atoms. The Morgan fingerprint density at radius 1 is 0.783 bits per heavy atom. The van der Waals surface area contributed by atoms with E-state index in [4.69, 9.17) is 11.6 Å². The Kier molecular flexibility index (Phi) is 4.55. The minimum absolute atomic E-state index is 0.774. The lowest BCUT2D eigenvalue weighted by atomic mass is 10.2. The van der Waals surface area contributed by atoms with Crippen LogP contribution in [0.15, 0.2) is 78.9 Å². The molecule has 3 aromatic carbocycles. The number of hydrogen-bond acceptors (Lipinski definition) is 1. The van der Waals surface area contributed by atoms with E-state index in [1.807, 2.05) is 12.1 Å². The van der Waals surface area contributed by atoms with Gasteiger partial charge in [-0.05, 0) is 47.6 Å². The minimum Gasteiger partial charge on any atom is -0.403 e. The molecule has 0 aromatic heterocycles. The molecule has 0 saturated heterocycles. The van der Waals surface area contributed by atoms with Crippen LogP contribution in [0.4, 0.5) is 5.69 Å². The second-order valence-electron chi connectivity index (χ2n) is 5.94. The highest BCUT2D eigenvalue weighted by Gasteiger charge is 2.32. The van der Waals surface area contributed by atoms with Crippen molar-refractivity contribution in [1.82, 2.24) is 0 Å². The number of benzene rings is 3. The van der Waals surface area contributed by atoms with Crippen LogP contribution in [0.25, 0.3) is 0 Å². The first-order chi connectivity index (χ1) is 11.1. The van der Waals surface area contributed by atoms with Gasteiger partial charge < -0.3 is 4.98 Å². The molecule has 3 heteroatoms. The van der Waals surface area contributed by atoms with Crippen LogP contribution in [0.2, 0.25) is 11.6 Å². The Hall–Kier alpha value is -2.03. The summed E-state index contributed by atoms with van der Waals surface area (Å²) in [5.74, 6) is 0. The number of halogens is 1. The average Bonchev–Trinajstić information content (AvgIpc) is 2.59. The van der Waals surface area contributed by atoms with E-state index >= 15 is 0 Å². The van der Waals surface area contributed by atoms with E-state index < -0.39 is 8.24 Å². The topological polar surface area (TPSA) is 12.0 Å². The maximum absolute atomic E-state index is 6.11. The highest BCUT2D eigenvalue weighted by molar-refractivity contribution is 7.03. The molecule has 0 heterocycles. The zero-order valence-electron chi connectivity index (χ0n) is 13.4. The summed E-state index contributed by atoms with van der Waals surface area (Å²) in [6, 6.07) is 27.5. The summed E-state index contributed by atoms with van der Waals surface area (Å²) in [6.45, 7) is 4.45. The van der Waals surface area contributed by atoms with Crippen molar-refractivity contribution in [3.8, 4) is 0 Å². The van der Waals surface area contributed by atoms with Crippen molar-refractivity contribution >= 4 is 35.9 Å². The summed E-state index contributed by atoms with van der Waals surface area (Å²) in [6.07, 6.45) is 0. The monoisotopic (exact) mass is 337 g/mol. The summed E-state index contributed by atoms with van der Waals surface area (Å²) >= 11 is 6.11. The average molecular weight is 338 g/mol. The van der Waals surface area contributed by atoms with Gasteiger partial charge in [-0.25, -0.2) is 0 Å². The largest absolute Gasteiger partial charge is 0.403 e. The van der Waals surface area contributed by atoms with Gasteiger partial charge in [-0.1, -0.05) is 72.3 Å².